The smallest absolute Gasteiger partial charge is 0.371 e. The first-order valence-electron chi connectivity index (χ1n) is 4.37. The van der Waals surface area contributed by atoms with E-state index in [-0.39, 0.29) is 5.76 Å². The lowest BCUT2D eigenvalue weighted by atomic mass is 10.0. The summed E-state index contributed by atoms with van der Waals surface area (Å²) in [7, 11) is 0. The summed E-state index contributed by atoms with van der Waals surface area (Å²) < 4.78 is 5.29. The molecule has 1 aliphatic rings. The number of aliphatic carboxylic acids is 1. The summed E-state index contributed by atoms with van der Waals surface area (Å²) >= 11 is 0. The number of benzene rings is 1. The van der Waals surface area contributed by atoms with Crippen LogP contribution >= 0.6 is 0 Å². The standard InChI is InChI=1S/C11H10O3/c1-7-6-8-4-2-3-5-9(8)14-10(7)11(12)13/h2-5H,6H2,1H3,(H,12,13). The van der Waals surface area contributed by atoms with Gasteiger partial charge >= 0.3 is 5.97 Å². The molecule has 0 unspecified atom stereocenters. The van der Waals surface area contributed by atoms with Gasteiger partial charge in [0.25, 0.3) is 0 Å². The summed E-state index contributed by atoms with van der Waals surface area (Å²) in [6.07, 6.45) is 0.651. The average molecular weight is 190 g/mol. The number of carboxylic acid groups (broad SMARTS) is 1. The first kappa shape index (κ1) is 8.81. The van der Waals surface area contributed by atoms with Crippen molar-refractivity contribution in [3.8, 4) is 5.75 Å². The van der Waals surface area contributed by atoms with Gasteiger partial charge in [-0.05, 0) is 24.1 Å². The molecule has 14 heavy (non-hydrogen) atoms. The van der Waals surface area contributed by atoms with Gasteiger partial charge in [-0.2, -0.15) is 0 Å². The molecule has 0 aliphatic carbocycles. The lowest BCUT2D eigenvalue weighted by molar-refractivity contribution is -0.135. The Kier molecular flexibility index (Phi) is 2.00. The Morgan fingerprint density at radius 1 is 1.43 bits per heavy atom. The molecule has 0 aromatic heterocycles. The van der Waals surface area contributed by atoms with Gasteiger partial charge in [0.15, 0.2) is 0 Å². The van der Waals surface area contributed by atoms with E-state index >= 15 is 0 Å². The fraction of sp³-hybridized carbons (Fsp3) is 0.182. The van der Waals surface area contributed by atoms with Crippen LogP contribution in [0, 0.1) is 0 Å². The maximum atomic E-state index is 10.8. The molecule has 0 atom stereocenters. The van der Waals surface area contributed by atoms with Gasteiger partial charge in [-0.15, -0.1) is 0 Å². The quantitative estimate of drug-likeness (QED) is 0.736. The van der Waals surface area contributed by atoms with Crippen LogP contribution in [0.15, 0.2) is 35.6 Å². The third-order valence-corrected chi connectivity index (χ3v) is 2.22. The van der Waals surface area contributed by atoms with Crippen molar-refractivity contribution in [2.24, 2.45) is 0 Å². The predicted molar refractivity (Wildman–Crippen MR) is 51.1 cm³/mol. The molecule has 3 nitrogen and oxygen atoms in total. The molecule has 0 amide bonds. The summed E-state index contributed by atoms with van der Waals surface area (Å²) in [5.41, 5.74) is 1.80. The van der Waals surface area contributed by atoms with Gasteiger partial charge in [-0.1, -0.05) is 18.2 Å². The molecule has 0 saturated heterocycles. The molecule has 0 fully saturated rings. The molecule has 0 spiro atoms. The average Bonchev–Trinajstić information content (AvgIpc) is 2.16. The summed E-state index contributed by atoms with van der Waals surface area (Å²) in [4.78, 5) is 10.8. The number of hydrogen-bond acceptors (Lipinski definition) is 2. The van der Waals surface area contributed by atoms with Crippen LogP contribution in [0.3, 0.4) is 0 Å². The Balaban J connectivity index is 2.41. The zero-order valence-electron chi connectivity index (χ0n) is 7.78. The SMILES string of the molecule is CC1=C(C(=O)O)Oc2ccccc2C1. The lowest BCUT2D eigenvalue weighted by Gasteiger charge is -2.18. The molecule has 72 valence electrons. The van der Waals surface area contributed by atoms with Gasteiger partial charge < -0.3 is 9.84 Å². The lowest BCUT2D eigenvalue weighted by Crippen LogP contribution is -2.16. The molecule has 1 aromatic carbocycles. The fourth-order valence-corrected chi connectivity index (χ4v) is 1.54. The van der Waals surface area contributed by atoms with Crippen LogP contribution < -0.4 is 4.74 Å². The van der Waals surface area contributed by atoms with Crippen molar-refractivity contribution >= 4 is 5.97 Å². The highest BCUT2D eigenvalue weighted by atomic mass is 16.5. The van der Waals surface area contributed by atoms with Gasteiger partial charge in [-0.25, -0.2) is 4.79 Å². The van der Waals surface area contributed by atoms with Crippen molar-refractivity contribution in [3.63, 3.8) is 0 Å². The van der Waals surface area contributed by atoms with Crippen LogP contribution in [-0.2, 0) is 11.2 Å². The summed E-state index contributed by atoms with van der Waals surface area (Å²) in [6, 6.07) is 7.47. The minimum Gasteiger partial charge on any atom is -0.475 e. The van der Waals surface area contributed by atoms with Gasteiger partial charge in [0.05, 0.1) is 0 Å². The highest BCUT2D eigenvalue weighted by Crippen LogP contribution is 2.29. The van der Waals surface area contributed by atoms with Crippen LogP contribution in [0.1, 0.15) is 12.5 Å². The zero-order valence-corrected chi connectivity index (χ0v) is 7.78. The number of rotatable bonds is 1. The minimum absolute atomic E-state index is 0.0590. The Labute approximate surface area is 81.6 Å². The molecule has 0 saturated carbocycles. The number of carboxylic acids is 1. The van der Waals surface area contributed by atoms with E-state index in [0.29, 0.717) is 12.2 Å². The van der Waals surface area contributed by atoms with E-state index in [1.807, 2.05) is 18.2 Å². The van der Waals surface area contributed by atoms with Gasteiger partial charge in [0.2, 0.25) is 5.76 Å². The molecular weight excluding hydrogens is 180 g/mol. The van der Waals surface area contributed by atoms with Crippen LogP contribution in [0.4, 0.5) is 0 Å². The van der Waals surface area contributed by atoms with Crippen LogP contribution in [0.2, 0.25) is 0 Å². The van der Waals surface area contributed by atoms with Crippen LogP contribution in [0.5, 0.6) is 5.75 Å². The normalized spacial score (nSPS) is 14.6. The number of hydrogen-bond donors (Lipinski definition) is 1. The van der Waals surface area contributed by atoms with Crippen LogP contribution in [-0.4, -0.2) is 11.1 Å². The van der Waals surface area contributed by atoms with Crippen molar-refractivity contribution in [1.82, 2.24) is 0 Å². The zero-order chi connectivity index (χ0) is 10.1. The van der Waals surface area contributed by atoms with Crippen molar-refractivity contribution < 1.29 is 14.6 Å². The predicted octanol–water partition coefficient (Wildman–Crippen LogP) is 1.98. The van der Waals surface area contributed by atoms with Crippen molar-refractivity contribution in [1.29, 1.82) is 0 Å². The van der Waals surface area contributed by atoms with Gasteiger partial charge in [0, 0.05) is 6.42 Å². The number of fused-ring (bicyclic) bond motifs is 1. The maximum Gasteiger partial charge on any atom is 0.371 e. The number of allylic oxidation sites excluding steroid dienone is 1. The van der Waals surface area contributed by atoms with Crippen molar-refractivity contribution in [3.05, 3.63) is 41.2 Å². The van der Waals surface area contributed by atoms with Gasteiger partial charge in [-0.3, -0.25) is 0 Å². The Bertz CT molecular complexity index is 418. The molecule has 0 bridgehead atoms. The third-order valence-electron chi connectivity index (χ3n) is 2.22. The minimum atomic E-state index is -1.00. The van der Waals surface area contributed by atoms with Crippen molar-refractivity contribution in [2.45, 2.75) is 13.3 Å². The van der Waals surface area contributed by atoms with E-state index in [1.165, 1.54) is 0 Å². The Hall–Kier alpha value is -1.77. The number of para-hydroxylation sites is 1. The molecule has 1 aliphatic heterocycles. The molecule has 1 N–H and O–H groups in total. The molecule has 1 heterocycles. The van der Waals surface area contributed by atoms with E-state index in [9.17, 15) is 4.79 Å². The van der Waals surface area contributed by atoms with Crippen LogP contribution in [0.25, 0.3) is 0 Å². The highest BCUT2D eigenvalue weighted by molar-refractivity contribution is 5.86. The van der Waals surface area contributed by atoms with E-state index in [0.717, 1.165) is 11.1 Å². The molecule has 0 radical (unpaired) electrons. The summed E-state index contributed by atoms with van der Waals surface area (Å²) in [5.74, 6) is -0.295. The second-order valence-corrected chi connectivity index (χ2v) is 3.30. The molecule has 1 aromatic rings. The second-order valence-electron chi connectivity index (χ2n) is 3.30. The van der Waals surface area contributed by atoms with E-state index in [1.54, 1.807) is 13.0 Å². The summed E-state index contributed by atoms with van der Waals surface area (Å²) in [5, 5.41) is 8.85. The Morgan fingerprint density at radius 2 is 2.14 bits per heavy atom. The first-order chi connectivity index (χ1) is 6.68. The third kappa shape index (κ3) is 1.37. The molecule has 3 heteroatoms. The fourth-order valence-electron chi connectivity index (χ4n) is 1.54. The van der Waals surface area contributed by atoms with E-state index in [4.69, 9.17) is 9.84 Å². The summed E-state index contributed by atoms with van der Waals surface area (Å²) in [6.45, 7) is 1.78. The number of ether oxygens (including phenoxy) is 1. The second kappa shape index (κ2) is 3.18. The Morgan fingerprint density at radius 3 is 2.86 bits per heavy atom. The monoisotopic (exact) mass is 190 g/mol. The molecule has 2 rings (SSSR count). The van der Waals surface area contributed by atoms with E-state index < -0.39 is 5.97 Å². The van der Waals surface area contributed by atoms with Gasteiger partial charge in [0.1, 0.15) is 5.75 Å². The van der Waals surface area contributed by atoms with E-state index in [2.05, 4.69) is 0 Å². The van der Waals surface area contributed by atoms with Crippen molar-refractivity contribution in [2.75, 3.05) is 0 Å². The maximum absolute atomic E-state index is 10.8. The topological polar surface area (TPSA) is 46.5 Å². The highest BCUT2D eigenvalue weighted by Gasteiger charge is 2.21. The molecular formula is C11H10O3. The largest absolute Gasteiger partial charge is 0.475 e. The number of carbonyl (C=O) groups is 1. The first-order valence-corrected chi connectivity index (χ1v) is 4.37.